The standard InChI is InChI=1S/C21H18FN7O3/c1-31-19-8-7-15(22)9-17(19)18-10-20(24-12-23-18)26-21(30)11-29-27-25-13-28(29)14-32-16-5-3-2-4-6-16/h2-10,12-13H,11,14H2,1H3/p+1. The number of hydrogen-bond acceptors (Lipinski definition) is 7. The molecular formula is C21H19FN7O3+. The fourth-order valence-electron chi connectivity index (χ4n) is 2.90. The maximum Gasteiger partial charge on any atom is 0.291 e. The third-order valence-corrected chi connectivity index (χ3v) is 4.40. The minimum absolute atomic E-state index is 0.124. The van der Waals surface area contributed by atoms with E-state index in [9.17, 15) is 9.18 Å². The average molecular weight is 436 g/mol. The van der Waals surface area contributed by atoms with E-state index < -0.39 is 5.82 Å². The first-order chi connectivity index (χ1) is 15.6. The number of methoxy groups -OCH3 is 1. The third kappa shape index (κ3) is 5.01. The van der Waals surface area contributed by atoms with Gasteiger partial charge in [-0.1, -0.05) is 18.2 Å². The number of ether oxygens (including phenoxy) is 2. The number of aromatic nitrogens is 6. The fourth-order valence-corrected chi connectivity index (χ4v) is 2.90. The average Bonchev–Trinajstić information content (AvgIpc) is 3.25. The maximum atomic E-state index is 13.7. The molecule has 0 saturated heterocycles. The van der Waals surface area contributed by atoms with Crippen molar-refractivity contribution in [1.82, 2.24) is 25.1 Å². The Labute approximate surface area is 182 Å². The Hall–Kier alpha value is -4.41. The summed E-state index contributed by atoms with van der Waals surface area (Å²) in [6.45, 7) is 0.00207. The molecule has 0 atom stereocenters. The summed E-state index contributed by atoms with van der Waals surface area (Å²) in [6, 6.07) is 14.9. The molecule has 0 bridgehead atoms. The number of carbonyl (C=O) groups is 1. The van der Waals surface area contributed by atoms with Crippen molar-refractivity contribution < 1.29 is 23.3 Å². The molecule has 1 amide bonds. The van der Waals surface area contributed by atoms with E-state index in [1.165, 1.54) is 48.8 Å². The first-order valence-corrected chi connectivity index (χ1v) is 9.54. The Bertz CT molecular complexity index is 1220. The van der Waals surface area contributed by atoms with E-state index in [4.69, 9.17) is 9.47 Å². The highest BCUT2D eigenvalue weighted by atomic mass is 19.1. The molecule has 2 aromatic heterocycles. The normalized spacial score (nSPS) is 10.6. The number of para-hydroxylation sites is 1. The number of amides is 1. The Balaban J connectivity index is 1.43. The van der Waals surface area contributed by atoms with Crippen LogP contribution in [0.25, 0.3) is 11.3 Å². The predicted octanol–water partition coefficient (Wildman–Crippen LogP) is 1.85. The molecule has 0 radical (unpaired) electrons. The molecule has 0 unspecified atom stereocenters. The van der Waals surface area contributed by atoms with Crippen LogP contribution in [0.3, 0.4) is 0 Å². The van der Waals surface area contributed by atoms with Crippen LogP contribution in [0.15, 0.2) is 67.3 Å². The van der Waals surface area contributed by atoms with Crippen molar-refractivity contribution in [2.75, 3.05) is 12.4 Å². The number of rotatable bonds is 8. The lowest BCUT2D eigenvalue weighted by atomic mass is 10.1. The summed E-state index contributed by atoms with van der Waals surface area (Å²) in [4.78, 5) is 22.1. The number of benzene rings is 2. The fraction of sp³-hybridized carbons (Fsp3) is 0.143. The second kappa shape index (κ2) is 9.60. The Morgan fingerprint density at radius 3 is 2.81 bits per heavy atom. The number of halogens is 1. The van der Waals surface area contributed by atoms with Crippen LogP contribution in [-0.2, 0) is 18.1 Å². The Morgan fingerprint density at radius 2 is 2.00 bits per heavy atom. The van der Waals surface area contributed by atoms with Crippen molar-refractivity contribution in [3.05, 3.63) is 73.1 Å². The second-order valence-corrected chi connectivity index (χ2v) is 6.56. The minimum Gasteiger partial charge on any atom is -0.496 e. The van der Waals surface area contributed by atoms with Gasteiger partial charge in [0.05, 0.1) is 12.8 Å². The summed E-state index contributed by atoms with van der Waals surface area (Å²) >= 11 is 0. The number of nitrogens with zero attached hydrogens (tertiary/aromatic N) is 6. The summed E-state index contributed by atoms with van der Waals surface area (Å²) in [6.07, 6.45) is 2.73. The number of nitrogens with one attached hydrogen (secondary N) is 1. The van der Waals surface area contributed by atoms with Crippen LogP contribution >= 0.6 is 0 Å². The first kappa shape index (κ1) is 20.8. The van der Waals surface area contributed by atoms with Gasteiger partial charge >= 0.3 is 0 Å². The van der Waals surface area contributed by atoms with Crippen molar-refractivity contribution in [3.8, 4) is 22.8 Å². The van der Waals surface area contributed by atoms with Gasteiger partial charge in [0.1, 0.15) is 34.6 Å². The molecule has 0 fully saturated rings. The Kier molecular flexibility index (Phi) is 6.25. The zero-order chi connectivity index (χ0) is 22.3. The molecule has 11 heteroatoms. The summed E-state index contributed by atoms with van der Waals surface area (Å²) in [5, 5.41) is 10.4. The molecule has 162 valence electrons. The van der Waals surface area contributed by atoms with E-state index in [0.29, 0.717) is 22.8 Å². The van der Waals surface area contributed by atoms with Gasteiger partial charge in [0.15, 0.2) is 11.8 Å². The van der Waals surface area contributed by atoms with E-state index in [1.54, 1.807) is 4.68 Å². The van der Waals surface area contributed by atoms with Gasteiger partial charge in [0, 0.05) is 11.6 Å². The number of hydrogen-bond donors (Lipinski definition) is 1. The Morgan fingerprint density at radius 1 is 1.16 bits per heavy atom. The van der Waals surface area contributed by atoms with Gasteiger partial charge in [-0.3, -0.25) is 4.79 Å². The lowest BCUT2D eigenvalue weighted by Gasteiger charge is -2.09. The van der Waals surface area contributed by atoms with Gasteiger partial charge in [-0.05, 0) is 35.1 Å². The zero-order valence-electron chi connectivity index (χ0n) is 17.1. The van der Waals surface area contributed by atoms with Crippen molar-refractivity contribution in [2.24, 2.45) is 0 Å². The van der Waals surface area contributed by atoms with Crippen LogP contribution in [0.4, 0.5) is 10.2 Å². The number of anilines is 1. The molecule has 2 heterocycles. The van der Waals surface area contributed by atoms with E-state index in [1.807, 2.05) is 30.3 Å². The summed E-state index contributed by atoms with van der Waals surface area (Å²) in [5.41, 5.74) is 0.844. The van der Waals surface area contributed by atoms with Crippen LogP contribution in [0.5, 0.6) is 11.5 Å². The molecule has 10 nitrogen and oxygen atoms in total. The van der Waals surface area contributed by atoms with Gasteiger partial charge in [-0.2, -0.15) is 0 Å². The van der Waals surface area contributed by atoms with Crippen molar-refractivity contribution >= 4 is 11.7 Å². The molecule has 32 heavy (non-hydrogen) atoms. The molecule has 0 saturated carbocycles. The van der Waals surface area contributed by atoms with Crippen LogP contribution in [0, 0.1) is 5.82 Å². The van der Waals surface area contributed by atoms with Gasteiger partial charge in [-0.25, -0.2) is 14.4 Å². The highest BCUT2D eigenvalue weighted by molar-refractivity contribution is 5.90. The van der Waals surface area contributed by atoms with Crippen molar-refractivity contribution in [2.45, 2.75) is 13.3 Å². The smallest absolute Gasteiger partial charge is 0.291 e. The lowest BCUT2D eigenvalue weighted by molar-refractivity contribution is -0.802. The highest BCUT2D eigenvalue weighted by Gasteiger charge is 2.16. The van der Waals surface area contributed by atoms with E-state index in [-0.39, 0.29) is 25.0 Å². The van der Waals surface area contributed by atoms with Gasteiger partial charge in [-0.15, -0.1) is 4.68 Å². The van der Waals surface area contributed by atoms with E-state index in [0.717, 1.165) is 0 Å². The summed E-state index contributed by atoms with van der Waals surface area (Å²) < 4.78 is 26.2. The minimum atomic E-state index is -0.432. The topological polar surface area (TPSA) is 108 Å². The van der Waals surface area contributed by atoms with E-state index in [2.05, 4.69) is 25.6 Å². The summed E-state index contributed by atoms with van der Waals surface area (Å²) in [5.74, 6) is 0.555. The van der Waals surface area contributed by atoms with Gasteiger partial charge in [0.2, 0.25) is 6.73 Å². The lowest BCUT2D eigenvalue weighted by Crippen LogP contribution is -2.47. The van der Waals surface area contributed by atoms with Crippen molar-refractivity contribution in [3.63, 3.8) is 0 Å². The molecule has 1 N–H and O–H groups in total. The SMILES string of the molecule is COc1ccc(F)cc1-c1cc(NC(=O)Cn2nnc[n+]2COc2ccccc2)ncn1. The molecule has 0 spiro atoms. The first-order valence-electron chi connectivity index (χ1n) is 9.54. The highest BCUT2D eigenvalue weighted by Crippen LogP contribution is 2.29. The maximum absolute atomic E-state index is 13.7. The van der Waals surface area contributed by atoms with Crippen LogP contribution < -0.4 is 19.5 Å². The quantitative estimate of drug-likeness (QED) is 0.420. The monoisotopic (exact) mass is 436 g/mol. The number of tetrazole rings is 1. The third-order valence-electron chi connectivity index (χ3n) is 4.40. The molecule has 2 aromatic carbocycles. The van der Waals surface area contributed by atoms with Gasteiger partial charge in [0.25, 0.3) is 12.2 Å². The summed E-state index contributed by atoms with van der Waals surface area (Å²) in [7, 11) is 1.48. The molecule has 0 aliphatic heterocycles. The van der Waals surface area contributed by atoms with E-state index >= 15 is 0 Å². The molecule has 4 aromatic rings. The molecular weight excluding hydrogens is 417 g/mol. The van der Waals surface area contributed by atoms with Crippen LogP contribution in [0.2, 0.25) is 0 Å². The predicted molar refractivity (Wildman–Crippen MR) is 110 cm³/mol. The second-order valence-electron chi connectivity index (χ2n) is 6.56. The van der Waals surface area contributed by atoms with Crippen molar-refractivity contribution in [1.29, 1.82) is 0 Å². The molecule has 0 aliphatic carbocycles. The number of carbonyl (C=O) groups excluding carboxylic acids is 1. The largest absolute Gasteiger partial charge is 0.496 e. The zero-order valence-corrected chi connectivity index (χ0v) is 17.1. The molecule has 0 aliphatic rings. The van der Waals surface area contributed by atoms with Crippen LogP contribution in [0.1, 0.15) is 0 Å². The van der Waals surface area contributed by atoms with Crippen LogP contribution in [-0.4, -0.2) is 38.1 Å². The van der Waals surface area contributed by atoms with Gasteiger partial charge < -0.3 is 14.8 Å². The molecule has 4 rings (SSSR count).